The lowest BCUT2D eigenvalue weighted by Gasteiger charge is -2.23. The number of nitrogens with one attached hydrogen (secondary N) is 3. The Labute approximate surface area is 225 Å². The molecule has 15 heteroatoms. The molecule has 7 nitrogen and oxygen atoms in total. The predicted octanol–water partition coefficient (Wildman–Crippen LogP) is 7.18. The molecule has 3 aromatic rings. The first-order valence-corrected chi connectivity index (χ1v) is 12.6. The zero-order chi connectivity index (χ0) is 28.3. The number of alkyl halides is 6. The lowest BCUT2D eigenvalue weighted by atomic mass is 9.98. The zero-order valence-electron chi connectivity index (χ0n) is 19.7. The van der Waals surface area contributed by atoms with Crippen LogP contribution in [0.2, 0.25) is 0 Å². The van der Waals surface area contributed by atoms with Crippen LogP contribution in [0.5, 0.6) is 0 Å². The molecule has 2 atom stereocenters. The van der Waals surface area contributed by atoms with Crippen LogP contribution >= 0.6 is 27.3 Å². The number of amides is 3. The molecular formula is C23H20BrF6N5O2S. The third-order valence-corrected chi connectivity index (χ3v) is 6.79. The molecular weight excluding hydrogens is 604 g/mol. The number of hydrogen-bond acceptors (Lipinski definition) is 5. The van der Waals surface area contributed by atoms with Gasteiger partial charge >= 0.3 is 18.4 Å². The van der Waals surface area contributed by atoms with Gasteiger partial charge in [-0.15, -0.1) is 10.2 Å². The number of urea groups is 1. The van der Waals surface area contributed by atoms with Crippen molar-refractivity contribution in [2.75, 3.05) is 10.6 Å². The third-order valence-electron chi connectivity index (χ3n) is 5.37. The molecule has 38 heavy (non-hydrogen) atoms. The maximum Gasteiger partial charge on any atom is 0.416 e. The van der Waals surface area contributed by atoms with Crippen molar-refractivity contribution in [2.45, 2.75) is 38.7 Å². The Kier molecular flexibility index (Phi) is 9.02. The Morgan fingerprint density at radius 1 is 0.947 bits per heavy atom. The van der Waals surface area contributed by atoms with Crippen molar-refractivity contribution in [2.24, 2.45) is 5.92 Å². The molecule has 0 saturated carbocycles. The molecule has 3 N–H and O–H groups in total. The third kappa shape index (κ3) is 7.66. The van der Waals surface area contributed by atoms with Gasteiger partial charge in [-0.05, 0) is 36.2 Å². The Hall–Kier alpha value is -3.20. The molecule has 3 amide bonds. The van der Waals surface area contributed by atoms with Crippen molar-refractivity contribution >= 4 is 50.0 Å². The van der Waals surface area contributed by atoms with Crippen molar-refractivity contribution < 1.29 is 35.9 Å². The van der Waals surface area contributed by atoms with Crippen LogP contribution in [0.4, 0.5) is 42.0 Å². The number of aromatic nitrogens is 2. The van der Waals surface area contributed by atoms with E-state index in [1.54, 1.807) is 38.1 Å². The summed E-state index contributed by atoms with van der Waals surface area (Å²) < 4.78 is 79.6. The van der Waals surface area contributed by atoms with Crippen LogP contribution in [0, 0.1) is 5.92 Å². The van der Waals surface area contributed by atoms with E-state index in [1.807, 2.05) is 5.32 Å². The van der Waals surface area contributed by atoms with Gasteiger partial charge in [-0.25, -0.2) is 4.79 Å². The Morgan fingerprint density at radius 3 is 2.05 bits per heavy atom. The molecule has 2 aromatic carbocycles. The number of nitrogens with zero attached hydrogens (tertiary/aromatic N) is 2. The Bertz CT molecular complexity index is 1260. The summed E-state index contributed by atoms with van der Waals surface area (Å²) in [6.07, 6.45) is -9.74. The summed E-state index contributed by atoms with van der Waals surface area (Å²) in [5.41, 5.74) is -3.16. The van der Waals surface area contributed by atoms with E-state index in [0.717, 1.165) is 21.4 Å². The van der Waals surface area contributed by atoms with Gasteiger partial charge in [-0.1, -0.05) is 59.7 Å². The first-order valence-electron chi connectivity index (χ1n) is 10.9. The van der Waals surface area contributed by atoms with Gasteiger partial charge in [-0.2, -0.15) is 26.3 Å². The summed E-state index contributed by atoms with van der Waals surface area (Å²) in [6.45, 7) is 3.38. The summed E-state index contributed by atoms with van der Waals surface area (Å²) in [6, 6.07) is 5.54. The van der Waals surface area contributed by atoms with Gasteiger partial charge in [-0.3, -0.25) is 10.1 Å². The van der Waals surface area contributed by atoms with Gasteiger partial charge in [0.05, 0.1) is 11.1 Å². The second-order valence-corrected chi connectivity index (χ2v) is 10.1. The van der Waals surface area contributed by atoms with Crippen molar-refractivity contribution in [3.63, 3.8) is 0 Å². The number of rotatable bonds is 7. The van der Waals surface area contributed by atoms with E-state index < -0.39 is 53.1 Å². The fraction of sp³-hybridized carbons (Fsp3) is 0.304. The molecule has 0 fully saturated rings. The normalized spacial score (nSPS) is 13.5. The van der Waals surface area contributed by atoms with Gasteiger partial charge in [0.15, 0.2) is 0 Å². The molecule has 1 aromatic heterocycles. The zero-order valence-corrected chi connectivity index (χ0v) is 22.1. The van der Waals surface area contributed by atoms with Gasteiger partial charge in [0, 0.05) is 15.7 Å². The van der Waals surface area contributed by atoms with Gasteiger partial charge in [0.2, 0.25) is 11.0 Å². The molecule has 0 spiro atoms. The highest BCUT2D eigenvalue weighted by molar-refractivity contribution is 9.10. The first-order chi connectivity index (χ1) is 17.7. The summed E-state index contributed by atoms with van der Waals surface area (Å²) >= 11 is 4.40. The molecule has 1 heterocycles. The fourth-order valence-corrected chi connectivity index (χ4v) is 4.22. The van der Waals surface area contributed by atoms with Crippen LogP contribution < -0.4 is 16.0 Å². The standard InChI is InChI=1S/C23H20BrF6N5O2S/c1-3-11(2)17(18(36)33-21-35-34-19(38-21)12-4-6-15(24)7-5-12)32-20(37)31-16-9-13(22(25,26)27)8-14(10-16)23(28,29)30/h4-11,17H,3H2,1-2H3,(H2,31,32,37)(H,33,35,36)/t11-,17+/m1/s1. The number of halogens is 7. The second-order valence-electron chi connectivity index (χ2n) is 8.16. The van der Waals surface area contributed by atoms with Crippen molar-refractivity contribution in [3.05, 3.63) is 58.1 Å². The lowest BCUT2D eigenvalue weighted by Crippen LogP contribution is -2.49. The van der Waals surface area contributed by atoms with E-state index in [0.29, 0.717) is 23.6 Å². The van der Waals surface area contributed by atoms with E-state index in [2.05, 4.69) is 36.8 Å². The molecule has 0 radical (unpaired) electrons. The van der Waals surface area contributed by atoms with Gasteiger partial charge < -0.3 is 10.6 Å². The van der Waals surface area contributed by atoms with Crippen LogP contribution in [0.15, 0.2) is 46.9 Å². The van der Waals surface area contributed by atoms with Crippen LogP contribution in [-0.2, 0) is 17.1 Å². The highest BCUT2D eigenvalue weighted by Gasteiger charge is 2.37. The molecule has 0 bridgehead atoms. The van der Waals surface area contributed by atoms with Crippen molar-refractivity contribution in [3.8, 4) is 10.6 Å². The summed E-state index contributed by atoms with van der Waals surface area (Å²) in [4.78, 5) is 25.5. The first kappa shape index (κ1) is 29.4. The highest BCUT2D eigenvalue weighted by Crippen LogP contribution is 2.37. The van der Waals surface area contributed by atoms with Crippen LogP contribution in [0.1, 0.15) is 31.4 Å². The number of anilines is 2. The van der Waals surface area contributed by atoms with Crippen molar-refractivity contribution in [1.82, 2.24) is 15.5 Å². The molecule has 0 unspecified atom stereocenters. The molecule has 0 aliphatic rings. The largest absolute Gasteiger partial charge is 0.416 e. The quantitative estimate of drug-likeness (QED) is 0.243. The minimum absolute atomic E-state index is 0.0525. The van der Waals surface area contributed by atoms with E-state index in [9.17, 15) is 35.9 Å². The van der Waals surface area contributed by atoms with E-state index in [4.69, 9.17) is 0 Å². The Balaban J connectivity index is 1.76. The van der Waals surface area contributed by atoms with Crippen molar-refractivity contribution in [1.29, 1.82) is 0 Å². The average Bonchev–Trinajstić information content (AvgIpc) is 3.29. The molecule has 0 saturated heterocycles. The number of benzene rings is 2. The van der Waals surface area contributed by atoms with Crippen LogP contribution in [-0.4, -0.2) is 28.2 Å². The van der Waals surface area contributed by atoms with Gasteiger partial charge in [0.1, 0.15) is 11.0 Å². The summed E-state index contributed by atoms with van der Waals surface area (Å²) in [5, 5.41) is 15.4. The van der Waals surface area contributed by atoms with Gasteiger partial charge in [0.25, 0.3) is 0 Å². The molecule has 204 valence electrons. The molecule has 3 rings (SSSR count). The van der Waals surface area contributed by atoms with Crippen LogP contribution in [0.25, 0.3) is 10.6 Å². The minimum atomic E-state index is -5.08. The fourth-order valence-electron chi connectivity index (χ4n) is 3.20. The molecule has 0 aliphatic heterocycles. The lowest BCUT2D eigenvalue weighted by molar-refractivity contribution is -0.143. The minimum Gasteiger partial charge on any atom is -0.326 e. The smallest absolute Gasteiger partial charge is 0.326 e. The molecule has 0 aliphatic carbocycles. The maximum atomic E-state index is 13.1. The van der Waals surface area contributed by atoms with E-state index >= 15 is 0 Å². The van der Waals surface area contributed by atoms with Crippen LogP contribution in [0.3, 0.4) is 0 Å². The second kappa shape index (κ2) is 11.7. The highest BCUT2D eigenvalue weighted by atomic mass is 79.9. The monoisotopic (exact) mass is 623 g/mol. The topological polar surface area (TPSA) is 96.0 Å². The van der Waals surface area contributed by atoms with E-state index in [1.165, 1.54) is 0 Å². The average molecular weight is 624 g/mol. The predicted molar refractivity (Wildman–Crippen MR) is 134 cm³/mol. The Morgan fingerprint density at radius 2 is 1.53 bits per heavy atom. The maximum absolute atomic E-state index is 13.1. The number of carbonyl (C=O) groups is 2. The van der Waals surface area contributed by atoms with E-state index in [-0.39, 0.29) is 11.2 Å². The summed E-state index contributed by atoms with van der Waals surface area (Å²) in [7, 11) is 0. The SMILES string of the molecule is CC[C@@H](C)[C@H](NC(=O)Nc1cc(C(F)(F)F)cc(C(F)(F)F)c1)C(=O)Nc1nnc(-c2ccc(Br)cc2)s1. The summed E-state index contributed by atoms with van der Waals surface area (Å²) in [5.74, 6) is -1.14. The number of carbonyl (C=O) groups excluding carboxylic acids is 2. The number of hydrogen-bond donors (Lipinski definition) is 3.